The van der Waals surface area contributed by atoms with Gasteiger partial charge in [0.15, 0.2) is 12.6 Å². The SMILES string of the molecule is CCNC(=O)COc1cccc(CNC(=NC)NC2CC(OCC)C23CCCCC3)c1. The topological polar surface area (TPSA) is 84.0 Å². The average molecular weight is 431 g/mol. The van der Waals surface area contributed by atoms with E-state index >= 15 is 0 Å². The number of rotatable bonds is 9. The Kier molecular flexibility index (Phi) is 8.58. The molecule has 3 rings (SSSR count). The Morgan fingerprint density at radius 2 is 2.00 bits per heavy atom. The van der Waals surface area contributed by atoms with Gasteiger partial charge < -0.3 is 25.4 Å². The van der Waals surface area contributed by atoms with E-state index in [1.54, 1.807) is 0 Å². The van der Waals surface area contributed by atoms with Crippen LogP contribution in [0.2, 0.25) is 0 Å². The lowest BCUT2D eigenvalue weighted by molar-refractivity contribution is -0.145. The minimum Gasteiger partial charge on any atom is -0.484 e. The molecule has 7 heteroatoms. The molecule has 2 fully saturated rings. The fourth-order valence-electron chi connectivity index (χ4n) is 4.95. The van der Waals surface area contributed by atoms with E-state index in [0.29, 0.717) is 31.0 Å². The van der Waals surface area contributed by atoms with Gasteiger partial charge in [-0.25, -0.2) is 0 Å². The second kappa shape index (κ2) is 11.4. The maximum Gasteiger partial charge on any atom is 0.257 e. The zero-order chi connectivity index (χ0) is 22.1. The molecule has 0 bridgehead atoms. The van der Waals surface area contributed by atoms with Crippen molar-refractivity contribution in [1.29, 1.82) is 0 Å². The van der Waals surface area contributed by atoms with Crippen LogP contribution >= 0.6 is 0 Å². The molecule has 1 spiro atoms. The minimum atomic E-state index is -0.113. The molecule has 0 radical (unpaired) electrons. The van der Waals surface area contributed by atoms with Crippen molar-refractivity contribution in [1.82, 2.24) is 16.0 Å². The lowest BCUT2D eigenvalue weighted by Gasteiger charge is -2.57. The van der Waals surface area contributed by atoms with Gasteiger partial charge in [-0.05, 0) is 50.8 Å². The van der Waals surface area contributed by atoms with Crippen molar-refractivity contribution in [2.45, 2.75) is 71.1 Å². The molecular formula is C24H38N4O3. The minimum absolute atomic E-state index is 0.0265. The van der Waals surface area contributed by atoms with Gasteiger partial charge in [-0.3, -0.25) is 9.79 Å². The predicted molar refractivity (Wildman–Crippen MR) is 123 cm³/mol. The molecule has 2 aliphatic carbocycles. The molecule has 1 aromatic rings. The molecule has 1 amide bonds. The number of ether oxygens (including phenoxy) is 2. The number of carbonyl (C=O) groups excluding carboxylic acids is 1. The Balaban J connectivity index is 1.53. The number of hydrogen-bond acceptors (Lipinski definition) is 4. The number of carbonyl (C=O) groups is 1. The van der Waals surface area contributed by atoms with E-state index in [0.717, 1.165) is 24.6 Å². The van der Waals surface area contributed by atoms with Crippen molar-refractivity contribution in [3.05, 3.63) is 29.8 Å². The molecule has 3 N–H and O–H groups in total. The summed E-state index contributed by atoms with van der Waals surface area (Å²) in [5, 5.41) is 9.83. The van der Waals surface area contributed by atoms with Gasteiger partial charge in [-0.15, -0.1) is 0 Å². The molecular weight excluding hydrogens is 392 g/mol. The van der Waals surface area contributed by atoms with Crippen LogP contribution in [0, 0.1) is 5.41 Å². The molecule has 7 nitrogen and oxygen atoms in total. The summed E-state index contributed by atoms with van der Waals surface area (Å²) in [6.45, 7) is 6.02. The molecule has 0 aliphatic heterocycles. The smallest absolute Gasteiger partial charge is 0.257 e. The third kappa shape index (κ3) is 5.91. The fourth-order valence-corrected chi connectivity index (χ4v) is 4.95. The average Bonchev–Trinajstić information content (AvgIpc) is 2.80. The number of guanidine groups is 1. The quantitative estimate of drug-likeness (QED) is 0.414. The summed E-state index contributed by atoms with van der Waals surface area (Å²) >= 11 is 0. The second-order valence-electron chi connectivity index (χ2n) is 8.49. The van der Waals surface area contributed by atoms with E-state index in [1.807, 2.05) is 38.2 Å². The number of amides is 1. The lowest BCUT2D eigenvalue weighted by Crippen LogP contribution is -2.66. The van der Waals surface area contributed by atoms with Gasteiger partial charge in [0, 0.05) is 38.2 Å². The summed E-state index contributed by atoms with van der Waals surface area (Å²) in [4.78, 5) is 16.0. The van der Waals surface area contributed by atoms with Gasteiger partial charge in [0.2, 0.25) is 0 Å². The molecule has 172 valence electrons. The number of nitrogens with one attached hydrogen (secondary N) is 3. The molecule has 1 aromatic carbocycles. The van der Waals surface area contributed by atoms with E-state index in [4.69, 9.17) is 9.47 Å². The zero-order valence-corrected chi connectivity index (χ0v) is 19.2. The van der Waals surface area contributed by atoms with Gasteiger partial charge in [-0.2, -0.15) is 0 Å². The van der Waals surface area contributed by atoms with Gasteiger partial charge in [0.1, 0.15) is 5.75 Å². The van der Waals surface area contributed by atoms with Crippen LogP contribution in [0.3, 0.4) is 0 Å². The van der Waals surface area contributed by atoms with Gasteiger partial charge in [0.25, 0.3) is 5.91 Å². The van der Waals surface area contributed by atoms with Gasteiger partial charge in [0.05, 0.1) is 6.10 Å². The molecule has 2 saturated carbocycles. The largest absolute Gasteiger partial charge is 0.484 e. The van der Waals surface area contributed by atoms with Crippen LogP contribution in [0.25, 0.3) is 0 Å². The van der Waals surface area contributed by atoms with Gasteiger partial charge in [-0.1, -0.05) is 31.4 Å². The molecule has 2 atom stereocenters. The van der Waals surface area contributed by atoms with Gasteiger partial charge >= 0.3 is 0 Å². The number of benzene rings is 1. The van der Waals surface area contributed by atoms with Crippen molar-refractivity contribution in [2.24, 2.45) is 10.4 Å². The molecule has 31 heavy (non-hydrogen) atoms. The summed E-state index contributed by atoms with van der Waals surface area (Å²) in [5.41, 5.74) is 1.32. The third-order valence-corrected chi connectivity index (χ3v) is 6.57. The Morgan fingerprint density at radius 3 is 2.71 bits per heavy atom. The van der Waals surface area contributed by atoms with Crippen LogP contribution in [0.15, 0.2) is 29.3 Å². The Labute approximate surface area is 186 Å². The van der Waals surface area contributed by atoms with E-state index in [-0.39, 0.29) is 17.9 Å². The van der Waals surface area contributed by atoms with Crippen LogP contribution in [-0.2, 0) is 16.1 Å². The van der Waals surface area contributed by atoms with Crippen molar-refractivity contribution < 1.29 is 14.3 Å². The monoisotopic (exact) mass is 430 g/mol. The summed E-state index contributed by atoms with van der Waals surface area (Å²) < 4.78 is 11.7. The predicted octanol–water partition coefficient (Wildman–Crippen LogP) is 2.99. The van der Waals surface area contributed by atoms with Crippen molar-refractivity contribution in [2.75, 3.05) is 26.8 Å². The number of hydrogen-bond donors (Lipinski definition) is 3. The van der Waals surface area contributed by atoms with Crippen LogP contribution in [0.1, 0.15) is 57.9 Å². The van der Waals surface area contributed by atoms with Crippen molar-refractivity contribution in [3.63, 3.8) is 0 Å². The zero-order valence-electron chi connectivity index (χ0n) is 19.2. The maximum atomic E-state index is 11.6. The first kappa shape index (κ1) is 23.4. The number of likely N-dealkylation sites (N-methyl/N-ethyl adjacent to an activating group) is 1. The summed E-state index contributed by atoms with van der Waals surface area (Å²) in [6.07, 6.45) is 7.78. The first-order chi connectivity index (χ1) is 15.1. The summed E-state index contributed by atoms with van der Waals surface area (Å²) in [7, 11) is 1.81. The lowest BCUT2D eigenvalue weighted by atomic mass is 9.55. The molecule has 0 saturated heterocycles. The normalized spacial score (nSPS) is 22.5. The summed E-state index contributed by atoms with van der Waals surface area (Å²) in [5.74, 6) is 1.39. The highest BCUT2D eigenvalue weighted by atomic mass is 16.5. The molecule has 0 aromatic heterocycles. The Morgan fingerprint density at radius 1 is 1.19 bits per heavy atom. The van der Waals surface area contributed by atoms with Crippen LogP contribution in [0.4, 0.5) is 0 Å². The molecule has 2 aliphatic rings. The van der Waals surface area contributed by atoms with E-state index in [2.05, 4.69) is 27.9 Å². The summed E-state index contributed by atoms with van der Waals surface area (Å²) in [6, 6.07) is 8.20. The highest BCUT2D eigenvalue weighted by Crippen LogP contribution is 2.53. The van der Waals surface area contributed by atoms with Crippen LogP contribution in [0.5, 0.6) is 5.75 Å². The standard InChI is InChI=1S/C24H38N4O3/c1-4-26-22(29)17-31-19-11-9-10-18(14-19)16-27-23(25-3)28-20-15-21(30-5-2)24(20)12-7-6-8-13-24/h9-11,14,20-21H,4-8,12-13,15-17H2,1-3H3,(H,26,29)(H2,25,27,28). The number of nitrogens with zero attached hydrogens (tertiary/aromatic N) is 1. The second-order valence-corrected chi connectivity index (χ2v) is 8.49. The van der Waals surface area contributed by atoms with Crippen molar-refractivity contribution in [3.8, 4) is 5.75 Å². The van der Waals surface area contributed by atoms with E-state index < -0.39 is 0 Å². The van der Waals surface area contributed by atoms with Crippen LogP contribution in [-0.4, -0.2) is 50.8 Å². The first-order valence-electron chi connectivity index (χ1n) is 11.7. The highest BCUT2D eigenvalue weighted by molar-refractivity contribution is 5.80. The fraction of sp³-hybridized carbons (Fsp3) is 0.667. The highest BCUT2D eigenvalue weighted by Gasteiger charge is 2.55. The molecule has 2 unspecified atom stereocenters. The number of aliphatic imine (C=N–C) groups is 1. The maximum absolute atomic E-state index is 11.6. The van der Waals surface area contributed by atoms with Crippen LogP contribution < -0.4 is 20.7 Å². The van der Waals surface area contributed by atoms with Crippen molar-refractivity contribution >= 4 is 11.9 Å². The van der Waals surface area contributed by atoms with E-state index in [1.165, 1.54) is 32.1 Å². The Bertz CT molecular complexity index is 746. The Hall–Kier alpha value is -2.28. The van der Waals surface area contributed by atoms with E-state index in [9.17, 15) is 4.79 Å². The third-order valence-electron chi connectivity index (χ3n) is 6.57. The molecule has 0 heterocycles. The first-order valence-corrected chi connectivity index (χ1v) is 11.7.